The highest BCUT2D eigenvalue weighted by molar-refractivity contribution is 5.84. The first kappa shape index (κ1) is 8.05. The highest BCUT2D eigenvalue weighted by Gasteiger charge is 2.49. The molecule has 0 N–H and O–H groups in total. The van der Waals surface area contributed by atoms with E-state index in [0.717, 1.165) is 13.0 Å². The van der Waals surface area contributed by atoms with Crippen molar-refractivity contribution < 1.29 is 4.79 Å². The van der Waals surface area contributed by atoms with E-state index in [4.69, 9.17) is 0 Å². The largest absolute Gasteiger partial charge is 0.343 e. The number of piperidine rings is 1. The minimum absolute atomic E-state index is 0.203. The van der Waals surface area contributed by atoms with Crippen LogP contribution in [0.4, 0.5) is 0 Å². The van der Waals surface area contributed by atoms with E-state index in [1.165, 1.54) is 0 Å². The zero-order chi connectivity index (χ0) is 8.88. The number of piperazine rings is 1. The van der Waals surface area contributed by atoms with Gasteiger partial charge in [-0.2, -0.15) is 0 Å². The van der Waals surface area contributed by atoms with Gasteiger partial charge < -0.3 is 4.90 Å². The molecule has 0 aliphatic carbocycles. The third-order valence-corrected chi connectivity index (χ3v) is 3.02. The lowest BCUT2D eigenvalue weighted by atomic mass is 9.85. The van der Waals surface area contributed by atoms with Gasteiger partial charge in [0.15, 0.2) is 0 Å². The SMILES string of the molecule is CC(C)N1C2CC1C(=O)N(C)C2. The fraction of sp³-hybridized carbons (Fsp3) is 0.889. The summed E-state index contributed by atoms with van der Waals surface area (Å²) in [5.41, 5.74) is 0. The summed E-state index contributed by atoms with van der Waals surface area (Å²) in [6, 6.07) is 1.36. The van der Waals surface area contributed by atoms with Crippen LogP contribution in [-0.4, -0.2) is 47.4 Å². The molecule has 3 saturated heterocycles. The number of likely N-dealkylation sites (N-methyl/N-ethyl adjacent to an activating group) is 1. The lowest BCUT2D eigenvalue weighted by molar-refractivity contribution is -0.160. The van der Waals surface area contributed by atoms with Crippen molar-refractivity contribution in [1.29, 1.82) is 0 Å². The molecule has 2 bridgehead atoms. The summed E-state index contributed by atoms with van der Waals surface area (Å²) in [4.78, 5) is 15.8. The molecular weight excluding hydrogens is 152 g/mol. The number of rotatable bonds is 1. The van der Waals surface area contributed by atoms with E-state index in [-0.39, 0.29) is 6.04 Å². The van der Waals surface area contributed by atoms with Crippen LogP contribution in [0.3, 0.4) is 0 Å². The van der Waals surface area contributed by atoms with Crippen LogP contribution < -0.4 is 0 Å². The van der Waals surface area contributed by atoms with Gasteiger partial charge in [0.1, 0.15) is 0 Å². The Morgan fingerprint density at radius 1 is 1.50 bits per heavy atom. The highest BCUT2D eigenvalue weighted by atomic mass is 16.2. The van der Waals surface area contributed by atoms with Gasteiger partial charge >= 0.3 is 0 Å². The maximum absolute atomic E-state index is 11.6. The van der Waals surface area contributed by atoms with Crippen molar-refractivity contribution in [2.45, 2.75) is 38.4 Å². The maximum Gasteiger partial charge on any atom is 0.239 e. The summed E-state index contributed by atoms with van der Waals surface area (Å²) in [6.07, 6.45) is 1.08. The van der Waals surface area contributed by atoms with Crippen LogP contribution in [-0.2, 0) is 4.79 Å². The van der Waals surface area contributed by atoms with Crippen LogP contribution in [0, 0.1) is 0 Å². The van der Waals surface area contributed by atoms with Crippen LogP contribution >= 0.6 is 0 Å². The zero-order valence-corrected chi connectivity index (χ0v) is 7.95. The molecule has 3 heterocycles. The first-order chi connectivity index (χ1) is 5.61. The summed E-state index contributed by atoms with van der Waals surface area (Å²) < 4.78 is 0. The molecule has 3 fully saturated rings. The molecule has 3 heteroatoms. The Morgan fingerprint density at radius 2 is 2.17 bits per heavy atom. The van der Waals surface area contributed by atoms with Gasteiger partial charge in [-0.15, -0.1) is 0 Å². The first-order valence-electron chi connectivity index (χ1n) is 4.63. The standard InChI is InChI=1S/C9H16N2O/c1-6(2)11-7-4-8(11)9(12)10(3)5-7/h6-8H,4-5H2,1-3H3. The van der Waals surface area contributed by atoms with Crippen LogP contribution in [0.25, 0.3) is 0 Å². The number of hydrogen-bond donors (Lipinski definition) is 0. The van der Waals surface area contributed by atoms with Gasteiger partial charge in [-0.3, -0.25) is 9.69 Å². The molecule has 0 saturated carbocycles. The normalized spacial score (nSPS) is 35.7. The second kappa shape index (κ2) is 2.46. The quantitative estimate of drug-likeness (QED) is 0.562. The van der Waals surface area contributed by atoms with E-state index in [1.807, 2.05) is 11.9 Å². The minimum Gasteiger partial charge on any atom is -0.343 e. The van der Waals surface area contributed by atoms with Gasteiger partial charge in [0.25, 0.3) is 0 Å². The molecule has 2 atom stereocenters. The molecule has 0 spiro atoms. The predicted octanol–water partition coefficient (Wildman–Crippen LogP) is 0.310. The molecule has 3 rings (SSSR count). The van der Waals surface area contributed by atoms with Crippen molar-refractivity contribution in [2.75, 3.05) is 13.6 Å². The summed E-state index contributed by atoms with van der Waals surface area (Å²) in [5.74, 6) is 0.311. The minimum atomic E-state index is 0.203. The average molecular weight is 168 g/mol. The average Bonchev–Trinajstić information content (AvgIpc) is 1.91. The third-order valence-electron chi connectivity index (χ3n) is 3.02. The lowest BCUT2D eigenvalue weighted by Crippen LogP contribution is -2.72. The van der Waals surface area contributed by atoms with Crippen molar-refractivity contribution in [2.24, 2.45) is 0 Å². The van der Waals surface area contributed by atoms with Gasteiger partial charge in [-0.25, -0.2) is 0 Å². The number of hydrogen-bond acceptors (Lipinski definition) is 2. The summed E-state index contributed by atoms with van der Waals surface area (Å²) >= 11 is 0. The molecule has 68 valence electrons. The van der Waals surface area contributed by atoms with Crippen molar-refractivity contribution in [3.63, 3.8) is 0 Å². The van der Waals surface area contributed by atoms with Crippen molar-refractivity contribution in [3.05, 3.63) is 0 Å². The van der Waals surface area contributed by atoms with Crippen LogP contribution in [0.1, 0.15) is 20.3 Å². The fourth-order valence-electron chi connectivity index (χ4n) is 2.46. The van der Waals surface area contributed by atoms with E-state index in [0.29, 0.717) is 18.0 Å². The van der Waals surface area contributed by atoms with Gasteiger partial charge in [0, 0.05) is 25.7 Å². The van der Waals surface area contributed by atoms with Crippen molar-refractivity contribution in [3.8, 4) is 0 Å². The van der Waals surface area contributed by atoms with E-state index in [9.17, 15) is 4.79 Å². The monoisotopic (exact) mass is 168 g/mol. The maximum atomic E-state index is 11.6. The Hall–Kier alpha value is -0.570. The molecule has 1 amide bonds. The molecule has 3 aliphatic heterocycles. The second-order valence-corrected chi connectivity index (χ2v) is 4.17. The second-order valence-electron chi connectivity index (χ2n) is 4.17. The Bertz CT molecular complexity index is 215. The molecular formula is C9H16N2O. The Morgan fingerprint density at radius 3 is 2.67 bits per heavy atom. The molecule has 0 aromatic carbocycles. The summed E-state index contributed by atoms with van der Waals surface area (Å²) in [6.45, 7) is 5.25. The Kier molecular flexibility index (Phi) is 1.65. The van der Waals surface area contributed by atoms with Gasteiger partial charge in [0.2, 0.25) is 5.91 Å². The number of carbonyl (C=O) groups is 1. The molecule has 0 aromatic heterocycles. The number of nitrogens with zero attached hydrogens (tertiary/aromatic N) is 2. The van der Waals surface area contributed by atoms with Crippen LogP contribution in [0.5, 0.6) is 0 Å². The molecule has 3 nitrogen and oxygen atoms in total. The van der Waals surface area contributed by atoms with Crippen LogP contribution in [0.15, 0.2) is 0 Å². The van der Waals surface area contributed by atoms with Crippen molar-refractivity contribution in [1.82, 2.24) is 9.80 Å². The molecule has 12 heavy (non-hydrogen) atoms. The zero-order valence-electron chi connectivity index (χ0n) is 7.95. The molecule has 2 unspecified atom stereocenters. The molecule has 0 radical (unpaired) electrons. The van der Waals surface area contributed by atoms with E-state index in [2.05, 4.69) is 18.7 Å². The van der Waals surface area contributed by atoms with Crippen molar-refractivity contribution >= 4 is 5.91 Å². The van der Waals surface area contributed by atoms with E-state index >= 15 is 0 Å². The van der Waals surface area contributed by atoms with E-state index in [1.54, 1.807) is 0 Å². The predicted molar refractivity (Wildman–Crippen MR) is 46.8 cm³/mol. The summed E-state index contributed by atoms with van der Waals surface area (Å²) in [7, 11) is 1.90. The molecule has 3 aliphatic rings. The topological polar surface area (TPSA) is 23.6 Å². The number of carbonyl (C=O) groups excluding carboxylic acids is 1. The Labute approximate surface area is 73.3 Å². The lowest BCUT2D eigenvalue weighted by Gasteiger charge is -2.56. The highest BCUT2D eigenvalue weighted by Crippen LogP contribution is 2.34. The third kappa shape index (κ3) is 0.891. The van der Waals surface area contributed by atoms with Gasteiger partial charge in [0.05, 0.1) is 6.04 Å². The smallest absolute Gasteiger partial charge is 0.239 e. The summed E-state index contributed by atoms with van der Waals surface area (Å²) in [5, 5.41) is 0. The van der Waals surface area contributed by atoms with Gasteiger partial charge in [-0.1, -0.05) is 0 Å². The van der Waals surface area contributed by atoms with Gasteiger partial charge in [-0.05, 0) is 20.3 Å². The Balaban J connectivity index is 2.11. The number of fused-ring (bicyclic) bond motifs is 2. The first-order valence-corrected chi connectivity index (χ1v) is 4.63. The number of amides is 1. The fourth-order valence-corrected chi connectivity index (χ4v) is 2.46. The molecule has 0 aromatic rings. The van der Waals surface area contributed by atoms with Crippen LogP contribution in [0.2, 0.25) is 0 Å². The van der Waals surface area contributed by atoms with E-state index < -0.39 is 0 Å².